The molecule has 2 aromatic heterocycles. The molecule has 128 valence electrons. The van der Waals surface area contributed by atoms with Crippen LogP contribution in [-0.2, 0) is 0 Å². The summed E-state index contributed by atoms with van der Waals surface area (Å²) in [6.45, 7) is 1.38. The van der Waals surface area contributed by atoms with E-state index < -0.39 is 0 Å². The monoisotopic (exact) mass is 373 g/mol. The Balaban J connectivity index is 1.50. The Kier molecular flexibility index (Phi) is 4.55. The molecule has 1 amide bonds. The summed E-state index contributed by atoms with van der Waals surface area (Å²) in [5.74, 6) is 1.30. The van der Waals surface area contributed by atoms with Crippen LogP contribution in [-0.4, -0.2) is 34.0 Å². The van der Waals surface area contributed by atoms with Crippen molar-refractivity contribution >= 4 is 28.8 Å². The van der Waals surface area contributed by atoms with Crippen molar-refractivity contribution < 1.29 is 9.32 Å². The van der Waals surface area contributed by atoms with Gasteiger partial charge in [-0.1, -0.05) is 22.8 Å². The molecule has 0 N–H and O–H groups in total. The third-order valence-electron chi connectivity index (χ3n) is 4.33. The van der Waals surface area contributed by atoms with Crippen molar-refractivity contribution in [2.75, 3.05) is 13.1 Å². The van der Waals surface area contributed by atoms with Crippen LogP contribution in [0.2, 0.25) is 5.02 Å². The maximum absolute atomic E-state index is 12.6. The number of aromatic nitrogens is 2. The number of nitrogens with zero attached hydrogens (tertiary/aromatic N) is 3. The van der Waals surface area contributed by atoms with Gasteiger partial charge >= 0.3 is 0 Å². The lowest BCUT2D eigenvalue weighted by Crippen LogP contribution is -2.38. The normalized spacial score (nSPS) is 17.6. The number of piperidine rings is 1. The van der Waals surface area contributed by atoms with Gasteiger partial charge in [0.15, 0.2) is 0 Å². The van der Waals surface area contributed by atoms with E-state index in [0.717, 1.165) is 29.8 Å². The summed E-state index contributed by atoms with van der Waals surface area (Å²) in [4.78, 5) is 19.7. The van der Waals surface area contributed by atoms with Crippen molar-refractivity contribution in [1.82, 2.24) is 15.0 Å². The number of benzene rings is 1. The van der Waals surface area contributed by atoms with Crippen LogP contribution in [0.1, 0.15) is 34.3 Å². The van der Waals surface area contributed by atoms with Gasteiger partial charge < -0.3 is 9.42 Å². The highest BCUT2D eigenvalue weighted by atomic mass is 35.5. The second kappa shape index (κ2) is 6.98. The van der Waals surface area contributed by atoms with Gasteiger partial charge in [0.25, 0.3) is 5.91 Å². The standard InChI is InChI=1S/C18H16ClN3O2S/c19-14-7-5-12(6-8-14)16-20-17(24-21-16)13-3-1-9-22(11-13)18(23)15-4-2-10-25-15/h2,4-8,10,13H,1,3,9,11H2. The molecule has 0 bridgehead atoms. The van der Waals surface area contributed by atoms with Crippen molar-refractivity contribution in [3.8, 4) is 11.4 Å². The smallest absolute Gasteiger partial charge is 0.263 e. The number of thiophene rings is 1. The van der Waals surface area contributed by atoms with Crippen LogP contribution in [0, 0.1) is 0 Å². The van der Waals surface area contributed by atoms with Gasteiger partial charge in [-0.3, -0.25) is 4.79 Å². The number of halogens is 1. The molecule has 1 atom stereocenters. The molecule has 1 aliphatic heterocycles. The Morgan fingerprint density at radius 2 is 2.12 bits per heavy atom. The number of amides is 1. The first-order valence-electron chi connectivity index (χ1n) is 8.13. The SMILES string of the molecule is O=C(c1cccs1)N1CCCC(c2nc(-c3ccc(Cl)cc3)no2)C1. The van der Waals surface area contributed by atoms with Crippen molar-refractivity contribution in [2.24, 2.45) is 0 Å². The van der Waals surface area contributed by atoms with Gasteiger partial charge in [-0.05, 0) is 48.6 Å². The molecule has 0 aliphatic carbocycles. The van der Waals surface area contributed by atoms with Crippen LogP contribution in [0.4, 0.5) is 0 Å². The zero-order valence-corrected chi connectivity index (χ0v) is 15.0. The van der Waals surface area contributed by atoms with E-state index in [2.05, 4.69) is 10.1 Å². The highest BCUT2D eigenvalue weighted by Gasteiger charge is 2.29. The summed E-state index contributed by atoms with van der Waals surface area (Å²) in [5.41, 5.74) is 0.863. The van der Waals surface area contributed by atoms with Crippen LogP contribution in [0.5, 0.6) is 0 Å². The van der Waals surface area contributed by atoms with E-state index in [1.807, 2.05) is 34.5 Å². The first kappa shape index (κ1) is 16.3. The average Bonchev–Trinajstić information content (AvgIpc) is 3.34. The Morgan fingerprint density at radius 1 is 1.28 bits per heavy atom. The number of hydrogen-bond donors (Lipinski definition) is 0. The van der Waals surface area contributed by atoms with E-state index in [0.29, 0.717) is 23.3 Å². The first-order chi connectivity index (χ1) is 12.2. The van der Waals surface area contributed by atoms with Crippen LogP contribution in [0.25, 0.3) is 11.4 Å². The van der Waals surface area contributed by atoms with Crippen LogP contribution < -0.4 is 0 Å². The molecular formula is C18H16ClN3O2S. The molecule has 7 heteroatoms. The summed E-state index contributed by atoms with van der Waals surface area (Å²) in [7, 11) is 0. The summed E-state index contributed by atoms with van der Waals surface area (Å²) in [5, 5.41) is 6.67. The summed E-state index contributed by atoms with van der Waals surface area (Å²) in [6.07, 6.45) is 1.87. The van der Waals surface area contributed by atoms with E-state index in [1.54, 1.807) is 12.1 Å². The van der Waals surface area contributed by atoms with Gasteiger partial charge in [-0.15, -0.1) is 11.3 Å². The first-order valence-corrected chi connectivity index (χ1v) is 9.39. The van der Waals surface area contributed by atoms with Crippen LogP contribution >= 0.6 is 22.9 Å². The molecule has 1 unspecified atom stereocenters. The molecule has 1 saturated heterocycles. The topological polar surface area (TPSA) is 59.2 Å². The number of likely N-dealkylation sites (tertiary alicyclic amines) is 1. The fraction of sp³-hybridized carbons (Fsp3) is 0.278. The lowest BCUT2D eigenvalue weighted by atomic mass is 9.98. The zero-order chi connectivity index (χ0) is 17.2. The number of rotatable bonds is 3. The van der Waals surface area contributed by atoms with Crippen molar-refractivity contribution in [3.63, 3.8) is 0 Å². The summed E-state index contributed by atoms with van der Waals surface area (Å²) >= 11 is 7.38. The lowest BCUT2D eigenvalue weighted by molar-refractivity contribution is 0.0700. The van der Waals surface area contributed by atoms with E-state index in [4.69, 9.17) is 16.1 Å². The second-order valence-electron chi connectivity index (χ2n) is 6.03. The van der Waals surface area contributed by atoms with Crippen molar-refractivity contribution in [3.05, 3.63) is 57.6 Å². The zero-order valence-electron chi connectivity index (χ0n) is 13.4. The molecule has 3 aromatic rings. The van der Waals surface area contributed by atoms with E-state index in [9.17, 15) is 4.79 Å². The van der Waals surface area contributed by atoms with Crippen LogP contribution in [0.3, 0.4) is 0 Å². The average molecular weight is 374 g/mol. The number of carbonyl (C=O) groups is 1. The molecular weight excluding hydrogens is 358 g/mol. The molecule has 5 nitrogen and oxygen atoms in total. The third kappa shape index (κ3) is 3.45. The minimum absolute atomic E-state index is 0.0752. The van der Waals surface area contributed by atoms with Gasteiger partial charge in [-0.2, -0.15) is 4.98 Å². The second-order valence-corrected chi connectivity index (χ2v) is 7.41. The molecule has 4 rings (SSSR count). The van der Waals surface area contributed by atoms with Crippen molar-refractivity contribution in [2.45, 2.75) is 18.8 Å². The van der Waals surface area contributed by atoms with Crippen molar-refractivity contribution in [1.29, 1.82) is 0 Å². The third-order valence-corrected chi connectivity index (χ3v) is 5.44. The molecule has 1 aromatic carbocycles. The van der Waals surface area contributed by atoms with E-state index in [1.165, 1.54) is 11.3 Å². The molecule has 1 aliphatic rings. The largest absolute Gasteiger partial charge is 0.339 e. The Hall–Kier alpha value is -2.18. The van der Waals surface area contributed by atoms with Gasteiger partial charge in [0, 0.05) is 23.7 Å². The number of hydrogen-bond acceptors (Lipinski definition) is 5. The maximum atomic E-state index is 12.6. The Bertz CT molecular complexity index is 861. The highest BCUT2D eigenvalue weighted by molar-refractivity contribution is 7.12. The predicted octanol–water partition coefficient (Wildman–Crippen LogP) is 4.47. The Labute approximate surface area is 154 Å². The quantitative estimate of drug-likeness (QED) is 0.679. The van der Waals surface area contributed by atoms with Crippen LogP contribution in [0.15, 0.2) is 46.3 Å². The van der Waals surface area contributed by atoms with Gasteiger partial charge in [0.2, 0.25) is 11.7 Å². The molecule has 25 heavy (non-hydrogen) atoms. The minimum atomic E-state index is 0.0752. The Morgan fingerprint density at radius 3 is 2.88 bits per heavy atom. The fourth-order valence-corrected chi connectivity index (χ4v) is 3.85. The minimum Gasteiger partial charge on any atom is -0.339 e. The summed E-state index contributed by atoms with van der Waals surface area (Å²) in [6, 6.07) is 11.1. The van der Waals surface area contributed by atoms with Gasteiger partial charge in [0.1, 0.15) is 0 Å². The molecule has 1 fully saturated rings. The maximum Gasteiger partial charge on any atom is 0.263 e. The number of carbonyl (C=O) groups excluding carboxylic acids is 1. The fourth-order valence-electron chi connectivity index (χ4n) is 3.04. The molecule has 0 saturated carbocycles. The summed E-state index contributed by atoms with van der Waals surface area (Å²) < 4.78 is 5.48. The lowest BCUT2D eigenvalue weighted by Gasteiger charge is -2.30. The van der Waals surface area contributed by atoms with Gasteiger partial charge in [0.05, 0.1) is 10.8 Å². The highest BCUT2D eigenvalue weighted by Crippen LogP contribution is 2.29. The predicted molar refractivity (Wildman–Crippen MR) is 96.9 cm³/mol. The molecule has 0 radical (unpaired) electrons. The van der Waals surface area contributed by atoms with Gasteiger partial charge in [-0.25, -0.2) is 0 Å². The molecule has 3 heterocycles. The van der Waals surface area contributed by atoms with E-state index in [-0.39, 0.29) is 11.8 Å². The molecule has 0 spiro atoms. The van der Waals surface area contributed by atoms with E-state index >= 15 is 0 Å².